The first-order valence-corrected chi connectivity index (χ1v) is 24.4. The molecule has 0 radical (unpaired) electrons. The Kier molecular flexibility index (Phi) is 15.2. The second-order valence-electron chi connectivity index (χ2n) is 20.2. The van der Waals surface area contributed by atoms with Crippen LogP contribution in [-0.4, -0.2) is 97.9 Å². The zero-order chi connectivity index (χ0) is 51.6. The Morgan fingerprint density at radius 3 is 2.20 bits per heavy atom. The Labute approximate surface area is 421 Å². The van der Waals surface area contributed by atoms with Crippen molar-refractivity contribution in [2.75, 3.05) is 13.1 Å². The highest BCUT2D eigenvalue weighted by atomic mass is 35.5. The van der Waals surface area contributed by atoms with Gasteiger partial charge >= 0.3 is 0 Å². The first-order chi connectivity index (χ1) is 33.5. The highest BCUT2D eigenvalue weighted by Gasteiger charge is 2.64. The molecule has 19 heteroatoms. The monoisotopic (exact) mass is 1000 g/mol. The predicted octanol–water partition coefficient (Wildman–Crippen LogP) is 6.94. The van der Waals surface area contributed by atoms with Crippen molar-refractivity contribution < 1.29 is 38.6 Å². The first-order valence-electron chi connectivity index (χ1n) is 23.1. The maximum Gasteiger partial charge on any atom is 0.253 e. The number of hydrogen-bond acceptors (Lipinski definition) is 13. The highest BCUT2D eigenvalue weighted by Crippen LogP contribution is 2.55. The average Bonchev–Trinajstić information content (AvgIpc) is 3.95. The third-order valence-corrected chi connectivity index (χ3v) is 14.3. The minimum Gasteiger partial charge on any atom is -0.489 e. The number of nitrogens with one attached hydrogen (secondary N) is 4. The van der Waals surface area contributed by atoms with Crippen LogP contribution in [0.5, 0.6) is 17.4 Å². The topological polar surface area (TPSA) is 238 Å². The van der Waals surface area contributed by atoms with Crippen molar-refractivity contribution in [3.63, 3.8) is 0 Å². The Morgan fingerprint density at radius 1 is 0.915 bits per heavy atom. The molecule has 5 aromatic rings. The summed E-state index contributed by atoms with van der Waals surface area (Å²) >= 11 is 7.75. The van der Waals surface area contributed by atoms with Crippen molar-refractivity contribution in [1.29, 1.82) is 5.26 Å². The number of β-amino-alcohol motifs (C(OH)–C–C–N with tert-alkyl or cyclic N) is 1. The number of aliphatic hydroxyl groups excluding tert-OH is 1. The second-order valence-corrected chi connectivity index (χ2v) is 21.5. The molecule has 7 rings (SSSR count). The first kappa shape index (κ1) is 51.9. The SMILES string of the molecule is Cc1ncsc1-c1ccc([C@H](C)NC(=O)[C@@H]2C[C@@H](O)CN2C(=O)C(NC(=O)CNC(=O)c2ccc(Oc3ccc(C(=O)N[C@H]4C(C)(C)[C@H](Oc5ccc(C#N)c(Cl)c5)C4(C)C)cn3)cc2)C(C)(C)C)nc1. The Bertz CT molecular complexity index is 2830. The van der Waals surface area contributed by atoms with Crippen LogP contribution in [0.1, 0.15) is 106 Å². The molecule has 1 unspecified atom stereocenters. The van der Waals surface area contributed by atoms with Crippen LogP contribution in [0.4, 0.5) is 0 Å². The van der Waals surface area contributed by atoms with E-state index in [0.717, 1.165) is 16.1 Å². The maximum atomic E-state index is 14.1. The van der Waals surface area contributed by atoms with Crippen molar-refractivity contribution in [2.45, 2.75) is 105 Å². The molecule has 0 spiro atoms. The molecule has 2 aliphatic rings. The minimum atomic E-state index is -1.10. The lowest BCUT2D eigenvalue weighted by molar-refractivity contribution is -0.164. The smallest absolute Gasteiger partial charge is 0.253 e. The quantitative estimate of drug-likeness (QED) is 0.0717. The van der Waals surface area contributed by atoms with Crippen molar-refractivity contribution in [3.05, 3.63) is 118 Å². The van der Waals surface area contributed by atoms with E-state index in [2.05, 4.69) is 36.2 Å². The number of hydrogen-bond donors (Lipinski definition) is 5. The van der Waals surface area contributed by atoms with Gasteiger partial charge in [0.1, 0.15) is 35.8 Å². The fourth-order valence-corrected chi connectivity index (χ4v) is 10.5. The molecule has 4 atom stereocenters. The second kappa shape index (κ2) is 20.8. The molecule has 0 bridgehead atoms. The summed E-state index contributed by atoms with van der Waals surface area (Å²) < 4.78 is 12.2. The van der Waals surface area contributed by atoms with E-state index in [4.69, 9.17) is 21.1 Å². The van der Waals surface area contributed by atoms with E-state index in [0.29, 0.717) is 33.3 Å². The number of halogens is 1. The van der Waals surface area contributed by atoms with Gasteiger partial charge < -0.3 is 40.7 Å². The summed E-state index contributed by atoms with van der Waals surface area (Å²) in [4.78, 5) is 83.1. The van der Waals surface area contributed by atoms with Gasteiger partial charge in [-0.3, -0.25) is 29.0 Å². The van der Waals surface area contributed by atoms with Crippen LogP contribution in [0, 0.1) is 34.5 Å². The van der Waals surface area contributed by atoms with Gasteiger partial charge in [0.25, 0.3) is 11.8 Å². The number of likely N-dealkylation sites (tertiary alicyclic amines) is 1. The van der Waals surface area contributed by atoms with E-state index in [9.17, 15) is 34.3 Å². The summed E-state index contributed by atoms with van der Waals surface area (Å²) in [6.07, 6.45) is 1.94. The lowest BCUT2D eigenvalue weighted by atomic mass is 9.49. The van der Waals surface area contributed by atoms with E-state index in [1.165, 1.54) is 34.6 Å². The Morgan fingerprint density at radius 2 is 1.61 bits per heavy atom. The van der Waals surface area contributed by atoms with Crippen molar-refractivity contribution >= 4 is 52.5 Å². The van der Waals surface area contributed by atoms with E-state index in [1.54, 1.807) is 81.9 Å². The van der Waals surface area contributed by atoms with Gasteiger partial charge in [0.15, 0.2) is 0 Å². The molecular formula is C52H58ClN9O8S. The maximum absolute atomic E-state index is 14.1. The van der Waals surface area contributed by atoms with Gasteiger partial charge in [0, 0.05) is 65.5 Å². The number of carbonyl (C=O) groups is 5. The number of nitriles is 1. The lowest BCUT2D eigenvalue weighted by Crippen LogP contribution is -2.74. The number of ether oxygens (including phenoxy) is 2. The molecule has 5 N–H and O–H groups in total. The molecular weight excluding hydrogens is 946 g/mol. The zero-order valence-electron chi connectivity index (χ0n) is 41.0. The number of rotatable bonds is 15. The molecule has 372 valence electrons. The summed E-state index contributed by atoms with van der Waals surface area (Å²) in [5.74, 6) is -1.38. The minimum absolute atomic E-state index is 0.0186. The van der Waals surface area contributed by atoms with Gasteiger partial charge in [-0.05, 0) is 67.8 Å². The number of benzene rings is 2. The summed E-state index contributed by atoms with van der Waals surface area (Å²) in [6, 6.07) is 17.2. The number of amides is 5. The van der Waals surface area contributed by atoms with Gasteiger partial charge in [-0.2, -0.15) is 5.26 Å². The average molecular weight is 1000 g/mol. The Balaban J connectivity index is 0.884. The number of carbonyl (C=O) groups excluding carboxylic acids is 5. The highest BCUT2D eigenvalue weighted by molar-refractivity contribution is 7.13. The fourth-order valence-electron chi connectivity index (χ4n) is 9.53. The molecule has 1 aliphatic heterocycles. The molecule has 71 heavy (non-hydrogen) atoms. The van der Waals surface area contributed by atoms with E-state index in [1.807, 2.05) is 52.8 Å². The van der Waals surface area contributed by atoms with E-state index < -0.39 is 70.6 Å². The lowest BCUT2D eigenvalue weighted by Gasteiger charge is -2.63. The third kappa shape index (κ3) is 11.5. The van der Waals surface area contributed by atoms with E-state index in [-0.39, 0.29) is 42.5 Å². The van der Waals surface area contributed by atoms with Crippen molar-refractivity contribution in [1.82, 2.24) is 41.1 Å². The van der Waals surface area contributed by atoms with Crippen LogP contribution < -0.4 is 30.7 Å². The number of pyridine rings is 2. The number of aromatic nitrogens is 3. The van der Waals surface area contributed by atoms with Gasteiger partial charge in [0.05, 0.1) is 56.6 Å². The third-order valence-electron chi connectivity index (χ3n) is 13.1. The molecule has 3 aromatic heterocycles. The molecule has 5 amide bonds. The molecule has 1 saturated heterocycles. The number of aliphatic hydroxyl groups is 1. The summed E-state index contributed by atoms with van der Waals surface area (Å²) in [6.45, 7) is 16.5. The molecule has 17 nitrogen and oxygen atoms in total. The van der Waals surface area contributed by atoms with Crippen LogP contribution in [0.3, 0.4) is 0 Å². The number of aryl methyl sites for hydroxylation is 1. The summed E-state index contributed by atoms with van der Waals surface area (Å²) in [7, 11) is 0. The van der Waals surface area contributed by atoms with Crippen molar-refractivity contribution in [2.24, 2.45) is 16.2 Å². The number of nitrogens with zero attached hydrogens (tertiary/aromatic N) is 5. The van der Waals surface area contributed by atoms with E-state index >= 15 is 0 Å². The predicted molar refractivity (Wildman–Crippen MR) is 267 cm³/mol. The van der Waals surface area contributed by atoms with Gasteiger partial charge in [-0.15, -0.1) is 11.3 Å². The van der Waals surface area contributed by atoms with Crippen LogP contribution in [0.15, 0.2) is 84.6 Å². The molecule has 1 saturated carbocycles. The zero-order valence-corrected chi connectivity index (χ0v) is 42.6. The van der Waals surface area contributed by atoms with Crippen LogP contribution in [-0.2, 0) is 14.4 Å². The summed E-state index contributed by atoms with van der Waals surface area (Å²) in [5.41, 5.74) is 3.40. The largest absolute Gasteiger partial charge is 0.489 e. The standard InChI is InChI=1S/C52H58ClN9O8S/c1-28(38-18-13-32(23-55-38)42-29(2)58-27-71-42)59-46(67)39-20-34(63)26-62(39)47(68)43(50(3,4)5)60-40(64)25-57-44(65)30-10-15-35(16-11-30)69-41-19-14-33(24-56-41)45(66)61-48-51(6,7)49(52(48,8)9)70-36-17-12-31(22-54)37(53)21-36/h10-19,21,23-24,27-28,34,39,43,48-49,63H,20,25-26H2,1-9H3,(H,57,65)(H,59,67)(H,60,64)(H,61,66)/t28-,34+,39-,43?,48-,49-/m0/s1. The van der Waals surface area contributed by atoms with Gasteiger partial charge in [-0.1, -0.05) is 66.1 Å². The van der Waals surface area contributed by atoms with Crippen molar-refractivity contribution in [3.8, 4) is 33.9 Å². The van der Waals surface area contributed by atoms with Crippen LogP contribution in [0.2, 0.25) is 5.02 Å². The molecule has 1 aliphatic carbocycles. The summed E-state index contributed by atoms with van der Waals surface area (Å²) in [5, 5.41) is 31.6. The molecule has 4 heterocycles. The molecule has 2 fully saturated rings. The Hall–Kier alpha value is -6.94. The fraction of sp³-hybridized carbons (Fsp3) is 0.404. The van der Waals surface area contributed by atoms with Gasteiger partial charge in [0.2, 0.25) is 23.6 Å². The molecule has 2 aromatic carbocycles. The number of thiazole rings is 1. The normalized spacial score (nSPS) is 19.8. The van der Waals surface area contributed by atoms with Crippen LogP contribution >= 0.6 is 22.9 Å². The van der Waals surface area contributed by atoms with Gasteiger partial charge in [-0.25, -0.2) is 9.97 Å². The van der Waals surface area contributed by atoms with Crippen LogP contribution in [0.25, 0.3) is 10.4 Å².